The molecule has 0 bridgehead atoms. The Kier molecular flexibility index (Phi) is 5.81. The minimum atomic E-state index is -3.64. The maximum atomic E-state index is 13.0. The number of ether oxygens (including phenoxy) is 2. The highest BCUT2D eigenvalue weighted by Gasteiger charge is 2.24. The van der Waals surface area contributed by atoms with Crippen molar-refractivity contribution in [2.24, 2.45) is 5.92 Å². The maximum absolute atomic E-state index is 13.0. The van der Waals surface area contributed by atoms with Crippen molar-refractivity contribution in [1.29, 1.82) is 0 Å². The molecule has 1 aromatic carbocycles. The average molecular weight is 422 g/mol. The maximum Gasteiger partial charge on any atom is 0.240 e. The van der Waals surface area contributed by atoms with Crippen LogP contribution in [0.15, 0.2) is 35.5 Å². The molecule has 8 nitrogen and oxygen atoms in total. The molecular formula is C19H23FN4O4S. The molecule has 2 aliphatic heterocycles. The molecule has 1 N–H and O–H groups in total. The van der Waals surface area contributed by atoms with Crippen molar-refractivity contribution in [2.45, 2.75) is 24.2 Å². The molecule has 3 heterocycles. The smallest absolute Gasteiger partial charge is 0.240 e. The summed E-state index contributed by atoms with van der Waals surface area (Å²) in [5.74, 6) is 1.27. The number of fused-ring (bicyclic) bond motifs is 1. The number of sulfonamides is 1. The number of nitrogens with one attached hydrogen (secondary N) is 1. The van der Waals surface area contributed by atoms with Gasteiger partial charge in [0.25, 0.3) is 0 Å². The first-order valence-electron chi connectivity index (χ1n) is 9.63. The van der Waals surface area contributed by atoms with E-state index < -0.39 is 15.8 Å². The Morgan fingerprint density at radius 3 is 2.52 bits per heavy atom. The predicted molar refractivity (Wildman–Crippen MR) is 104 cm³/mol. The fourth-order valence-corrected chi connectivity index (χ4v) is 4.56. The van der Waals surface area contributed by atoms with Crippen LogP contribution in [-0.4, -0.2) is 51.2 Å². The van der Waals surface area contributed by atoms with Gasteiger partial charge in [-0.1, -0.05) is 0 Å². The highest BCUT2D eigenvalue weighted by atomic mass is 32.2. The number of piperidine rings is 1. The Morgan fingerprint density at radius 1 is 1.10 bits per heavy atom. The number of hydrogen-bond acceptors (Lipinski definition) is 7. The van der Waals surface area contributed by atoms with Crippen LogP contribution < -0.4 is 19.1 Å². The lowest BCUT2D eigenvalue weighted by molar-refractivity contribution is 0.297. The second kappa shape index (κ2) is 8.50. The molecule has 1 fully saturated rings. The molecule has 1 aromatic heterocycles. The molecule has 2 aromatic rings. The minimum Gasteiger partial charge on any atom is -0.490 e. The zero-order chi connectivity index (χ0) is 20.3. The van der Waals surface area contributed by atoms with Crippen molar-refractivity contribution in [3.05, 3.63) is 36.4 Å². The number of rotatable bonds is 5. The number of hydrogen-bond donors (Lipinski definition) is 1. The van der Waals surface area contributed by atoms with E-state index in [9.17, 15) is 12.8 Å². The third-order valence-corrected chi connectivity index (χ3v) is 6.52. The molecule has 2 aliphatic rings. The fourth-order valence-electron chi connectivity index (χ4n) is 3.43. The highest BCUT2D eigenvalue weighted by molar-refractivity contribution is 7.89. The quantitative estimate of drug-likeness (QED) is 0.787. The molecule has 156 valence electrons. The summed E-state index contributed by atoms with van der Waals surface area (Å²) in [6.45, 7) is 2.80. The van der Waals surface area contributed by atoms with Crippen LogP contribution in [0.25, 0.3) is 0 Å². The molecular weight excluding hydrogens is 399 g/mol. The van der Waals surface area contributed by atoms with Crippen molar-refractivity contribution in [3.8, 4) is 11.5 Å². The van der Waals surface area contributed by atoms with Gasteiger partial charge in [0.05, 0.1) is 30.5 Å². The Bertz CT molecular complexity index is 947. The lowest BCUT2D eigenvalue weighted by Gasteiger charge is -2.31. The fraction of sp³-hybridized carbons (Fsp3) is 0.474. The summed E-state index contributed by atoms with van der Waals surface area (Å²) in [4.78, 5) is 10.1. The Labute approximate surface area is 169 Å². The van der Waals surface area contributed by atoms with E-state index in [-0.39, 0.29) is 10.8 Å². The summed E-state index contributed by atoms with van der Waals surface area (Å²) in [5.41, 5.74) is 0. The second-order valence-electron chi connectivity index (χ2n) is 7.14. The van der Waals surface area contributed by atoms with Crippen LogP contribution in [0.4, 0.5) is 10.3 Å². The summed E-state index contributed by atoms with van der Waals surface area (Å²) >= 11 is 0. The van der Waals surface area contributed by atoms with E-state index in [4.69, 9.17) is 9.47 Å². The monoisotopic (exact) mass is 422 g/mol. The molecule has 0 spiro atoms. The van der Waals surface area contributed by atoms with Crippen LogP contribution in [0, 0.1) is 11.7 Å². The van der Waals surface area contributed by atoms with Gasteiger partial charge in [-0.3, -0.25) is 0 Å². The van der Waals surface area contributed by atoms with Crippen molar-refractivity contribution in [2.75, 3.05) is 37.7 Å². The van der Waals surface area contributed by atoms with E-state index >= 15 is 0 Å². The van der Waals surface area contributed by atoms with Gasteiger partial charge < -0.3 is 14.4 Å². The molecule has 0 atom stereocenters. The molecule has 29 heavy (non-hydrogen) atoms. The summed E-state index contributed by atoms with van der Waals surface area (Å²) in [5, 5.41) is 0. The van der Waals surface area contributed by atoms with E-state index in [1.54, 1.807) is 6.07 Å². The molecule has 1 saturated heterocycles. The second-order valence-corrected chi connectivity index (χ2v) is 8.91. The van der Waals surface area contributed by atoms with Gasteiger partial charge in [-0.05, 0) is 30.9 Å². The van der Waals surface area contributed by atoms with Crippen LogP contribution in [0.1, 0.15) is 19.3 Å². The lowest BCUT2D eigenvalue weighted by Crippen LogP contribution is -2.39. The van der Waals surface area contributed by atoms with Crippen molar-refractivity contribution < 1.29 is 22.3 Å². The summed E-state index contributed by atoms with van der Waals surface area (Å²) in [6.07, 6.45) is 4.65. The van der Waals surface area contributed by atoms with Crippen LogP contribution >= 0.6 is 0 Å². The number of nitrogens with zero attached hydrogens (tertiary/aromatic N) is 3. The van der Waals surface area contributed by atoms with Gasteiger partial charge in [0.1, 0.15) is 0 Å². The molecule has 0 saturated carbocycles. The van der Waals surface area contributed by atoms with Gasteiger partial charge in [-0.2, -0.15) is 0 Å². The topological polar surface area (TPSA) is 93.7 Å². The molecule has 0 aliphatic carbocycles. The van der Waals surface area contributed by atoms with E-state index in [1.807, 2.05) is 4.90 Å². The lowest BCUT2D eigenvalue weighted by atomic mass is 9.97. The van der Waals surface area contributed by atoms with Crippen LogP contribution in [0.5, 0.6) is 11.5 Å². The average Bonchev–Trinajstić information content (AvgIpc) is 2.98. The predicted octanol–water partition coefficient (Wildman–Crippen LogP) is 1.97. The SMILES string of the molecule is O=S(=O)(NCC1CCN(c2ncc(F)cn2)CC1)c1ccc2c(c1)OCCCO2. The number of halogens is 1. The number of aromatic nitrogens is 2. The Morgan fingerprint density at radius 2 is 1.79 bits per heavy atom. The molecule has 10 heteroatoms. The number of benzene rings is 1. The summed E-state index contributed by atoms with van der Waals surface area (Å²) < 4.78 is 52.2. The van der Waals surface area contributed by atoms with Gasteiger partial charge in [-0.15, -0.1) is 0 Å². The van der Waals surface area contributed by atoms with Gasteiger partial charge >= 0.3 is 0 Å². The Balaban J connectivity index is 1.33. The third kappa shape index (κ3) is 4.76. The number of anilines is 1. The first kappa shape index (κ1) is 19.8. The van der Waals surface area contributed by atoms with Crippen LogP contribution in [0.3, 0.4) is 0 Å². The van der Waals surface area contributed by atoms with Crippen molar-refractivity contribution in [3.63, 3.8) is 0 Å². The summed E-state index contributed by atoms with van der Waals surface area (Å²) in [6, 6.07) is 4.68. The van der Waals surface area contributed by atoms with Gasteiger partial charge in [-0.25, -0.2) is 27.5 Å². The zero-order valence-electron chi connectivity index (χ0n) is 15.9. The van der Waals surface area contributed by atoms with Crippen LogP contribution in [-0.2, 0) is 10.0 Å². The molecule has 0 radical (unpaired) electrons. The zero-order valence-corrected chi connectivity index (χ0v) is 16.7. The summed E-state index contributed by atoms with van der Waals surface area (Å²) in [7, 11) is -3.64. The van der Waals surface area contributed by atoms with E-state index in [0.717, 1.165) is 31.7 Å². The third-order valence-electron chi connectivity index (χ3n) is 5.10. The first-order valence-corrected chi connectivity index (χ1v) is 11.1. The van der Waals surface area contributed by atoms with E-state index in [0.29, 0.717) is 50.3 Å². The minimum absolute atomic E-state index is 0.166. The highest BCUT2D eigenvalue weighted by Crippen LogP contribution is 2.32. The molecule has 4 rings (SSSR count). The largest absolute Gasteiger partial charge is 0.490 e. The Hall–Kier alpha value is -2.46. The van der Waals surface area contributed by atoms with Crippen molar-refractivity contribution >= 4 is 16.0 Å². The molecule has 0 amide bonds. The van der Waals surface area contributed by atoms with Crippen LogP contribution in [0.2, 0.25) is 0 Å². The van der Waals surface area contributed by atoms with Gasteiger partial charge in [0, 0.05) is 32.1 Å². The normalized spacial score (nSPS) is 17.8. The van der Waals surface area contributed by atoms with Gasteiger partial charge in [0.15, 0.2) is 17.3 Å². The van der Waals surface area contributed by atoms with E-state index in [2.05, 4.69) is 14.7 Å². The van der Waals surface area contributed by atoms with Crippen molar-refractivity contribution in [1.82, 2.24) is 14.7 Å². The standard InChI is InChI=1S/C19H23FN4O4S/c20-15-12-21-19(22-13-15)24-6-4-14(5-7-24)11-23-29(25,26)16-2-3-17-18(10-16)28-9-1-8-27-17/h2-3,10,12-14,23H,1,4-9,11H2. The first-order chi connectivity index (χ1) is 14.0. The van der Waals surface area contributed by atoms with Gasteiger partial charge in [0.2, 0.25) is 16.0 Å². The molecule has 0 unspecified atom stereocenters. The van der Waals surface area contributed by atoms with E-state index in [1.165, 1.54) is 12.1 Å².